The van der Waals surface area contributed by atoms with E-state index in [4.69, 9.17) is 14.2 Å². The summed E-state index contributed by atoms with van der Waals surface area (Å²) in [4.78, 5) is 32.9. The number of hydrogen-bond acceptors (Lipinski definition) is 8. The van der Waals surface area contributed by atoms with E-state index in [2.05, 4.69) is 15.3 Å². The summed E-state index contributed by atoms with van der Waals surface area (Å²) < 4.78 is 16.1. The monoisotopic (exact) mass is 401 g/mol. The molecule has 0 bridgehead atoms. The number of benzene rings is 1. The first-order valence-corrected chi connectivity index (χ1v) is 9.98. The number of rotatable bonds is 4. The lowest BCUT2D eigenvalue weighted by Crippen LogP contribution is -2.31. The van der Waals surface area contributed by atoms with Gasteiger partial charge in [-0.05, 0) is 37.8 Å². The van der Waals surface area contributed by atoms with Gasteiger partial charge < -0.3 is 24.5 Å². The average Bonchev–Trinajstić information content (AvgIpc) is 3.14. The highest BCUT2D eigenvalue weighted by molar-refractivity contribution is 7.98. The van der Waals surface area contributed by atoms with Gasteiger partial charge in [0.2, 0.25) is 6.79 Å². The number of esters is 1. The molecule has 146 valence electrons. The Morgan fingerprint density at radius 3 is 2.89 bits per heavy atom. The van der Waals surface area contributed by atoms with Gasteiger partial charge in [-0.15, -0.1) is 0 Å². The van der Waals surface area contributed by atoms with Crippen LogP contribution in [0.15, 0.2) is 39.4 Å². The van der Waals surface area contributed by atoms with Crippen LogP contribution in [0.2, 0.25) is 0 Å². The van der Waals surface area contributed by atoms with Crippen molar-refractivity contribution in [2.45, 2.75) is 24.9 Å². The zero-order valence-electron chi connectivity index (χ0n) is 15.6. The number of carbonyl (C=O) groups excluding carboxylic acids is 1. The fraction of sp³-hybridized carbons (Fsp3) is 0.316. The van der Waals surface area contributed by atoms with Crippen LogP contribution >= 0.6 is 11.8 Å². The second kappa shape index (κ2) is 7.23. The van der Waals surface area contributed by atoms with Gasteiger partial charge in [-0.2, -0.15) is 0 Å². The summed E-state index contributed by atoms with van der Waals surface area (Å²) in [5.41, 5.74) is 1.75. The van der Waals surface area contributed by atoms with Crippen LogP contribution in [0, 0.1) is 0 Å². The van der Waals surface area contributed by atoms with Gasteiger partial charge in [0.05, 0.1) is 23.7 Å². The summed E-state index contributed by atoms with van der Waals surface area (Å²) in [5.74, 6) is 0.511. The van der Waals surface area contributed by atoms with Crippen LogP contribution in [0.4, 0.5) is 5.82 Å². The fourth-order valence-corrected chi connectivity index (χ4v) is 3.81. The number of allylic oxidation sites excluding steroid dienone is 1. The molecule has 0 saturated carbocycles. The highest BCUT2D eigenvalue weighted by atomic mass is 32.2. The van der Waals surface area contributed by atoms with Crippen LogP contribution in [0.25, 0.3) is 0 Å². The summed E-state index contributed by atoms with van der Waals surface area (Å²) in [7, 11) is 0. The molecule has 9 heteroatoms. The molecule has 0 radical (unpaired) electrons. The molecular weight excluding hydrogens is 382 g/mol. The molecule has 8 nitrogen and oxygen atoms in total. The zero-order chi connectivity index (χ0) is 19.8. The Labute approximate surface area is 165 Å². The van der Waals surface area contributed by atoms with E-state index in [-0.39, 0.29) is 19.0 Å². The van der Waals surface area contributed by atoms with Crippen molar-refractivity contribution in [1.29, 1.82) is 0 Å². The summed E-state index contributed by atoms with van der Waals surface area (Å²) in [5, 5.41) is 3.59. The molecule has 2 aromatic rings. The standard InChI is InChI=1S/C19H19N3O5S/c1-4-25-18(24)13-9(2)20-16-15(17(23)22-19(21-16)28-3)14(13)10-5-6-11-12(7-10)27-8-26-11/h5-7,14H,4,8H2,1-3H3,(H2,20,21,22,23)/t14-/m1/s1. The Morgan fingerprint density at radius 1 is 1.36 bits per heavy atom. The van der Waals surface area contributed by atoms with Crippen LogP contribution < -0.4 is 20.3 Å². The highest BCUT2D eigenvalue weighted by Crippen LogP contribution is 2.43. The van der Waals surface area contributed by atoms with Crippen LogP contribution in [-0.4, -0.2) is 35.6 Å². The third-order valence-corrected chi connectivity index (χ3v) is 5.22. The Hall–Kier alpha value is -2.94. The number of H-pyrrole nitrogens is 1. The number of ether oxygens (including phenoxy) is 3. The Kier molecular flexibility index (Phi) is 4.76. The minimum absolute atomic E-state index is 0.139. The average molecular weight is 401 g/mol. The van der Waals surface area contributed by atoms with E-state index >= 15 is 0 Å². The van der Waals surface area contributed by atoms with Crippen molar-refractivity contribution in [2.24, 2.45) is 0 Å². The molecule has 1 aromatic heterocycles. The fourth-order valence-electron chi connectivity index (χ4n) is 3.43. The number of fused-ring (bicyclic) bond motifs is 2. The van der Waals surface area contributed by atoms with Gasteiger partial charge in [-0.3, -0.25) is 4.79 Å². The minimum atomic E-state index is -0.642. The molecule has 28 heavy (non-hydrogen) atoms. The number of nitrogens with zero attached hydrogens (tertiary/aromatic N) is 1. The van der Waals surface area contributed by atoms with Crippen molar-refractivity contribution in [3.63, 3.8) is 0 Å². The lowest BCUT2D eigenvalue weighted by Gasteiger charge is -2.28. The smallest absolute Gasteiger partial charge is 0.336 e. The van der Waals surface area contributed by atoms with Crippen LogP contribution in [0.1, 0.15) is 30.9 Å². The first kappa shape index (κ1) is 18.4. The maximum Gasteiger partial charge on any atom is 0.336 e. The molecule has 0 amide bonds. The molecule has 1 atom stereocenters. The van der Waals surface area contributed by atoms with E-state index in [1.165, 1.54) is 11.8 Å². The quantitative estimate of drug-likeness (QED) is 0.458. The van der Waals surface area contributed by atoms with Crippen molar-refractivity contribution in [3.8, 4) is 11.5 Å². The lowest BCUT2D eigenvalue weighted by atomic mass is 9.82. The Balaban J connectivity index is 1.93. The second-order valence-electron chi connectivity index (χ2n) is 6.27. The first-order chi connectivity index (χ1) is 13.5. The number of aromatic amines is 1. The molecule has 0 fully saturated rings. The minimum Gasteiger partial charge on any atom is -0.463 e. The number of carbonyl (C=O) groups is 1. The molecule has 1 aromatic carbocycles. The molecule has 4 rings (SSSR count). The van der Waals surface area contributed by atoms with E-state index in [0.717, 1.165) is 5.56 Å². The predicted octanol–water partition coefficient (Wildman–Crippen LogP) is 2.62. The van der Waals surface area contributed by atoms with Crippen LogP contribution in [-0.2, 0) is 9.53 Å². The lowest BCUT2D eigenvalue weighted by molar-refractivity contribution is -0.138. The van der Waals surface area contributed by atoms with Crippen LogP contribution in [0.3, 0.4) is 0 Å². The molecule has 0 saturated heterocycles. The normalized spacial score (nSPS) is 17.2. The molecular formula is C19H19N3O5S. The molecule has 0 unspecified atom stereocenters. The number of nitrogens with one attached hydrogen (secondary N) is 2. The van der Waals surface area contributed by atoms with Gasteiger partial charge in [-0.25, -0.2) is 9.78 Å². The van der Waals surface area contributed by atoms with Crippen molar-refractivity contribution >= 4 is 23.5 Å². The molecule has 2 N–H and O–H groups in total. The van der Waals surface area contributed by atoms with Crippen LogP contribution in [0.5, 0.6) is 11.5 Å². The number of anilines is 1. The van der Waals surface area contributed by atoms with E-state index in [1.807, 2.05) is 12.3 Å². The third kappa shape index (κ3) is 3.01. The summed E-state index contributed by atoms with van der Waals surface area (Å²) in [6.45, 7) is 3.89. The van der Waals surface area contributed by atoms with E-state index < -0.39 is 11.9 Å². The second-order valence-corrected chi connectivity index (χ2v) is 7.06. The van der Waals surface area contributed by atoms with Gasteiger partial charge in [-0.1, -0.05) is 17.8 Å². The maximum absolute atomic E-state index is 12.9. The summed E-state index contributed by atoms with van der Waals surface area (Å²) in [6.07, 6.45) is 1.83. The van der Waals surface area contributed by atoms with Gasteiger partial charge in [0.1, 0.15) is 5.82 Å². The van der Waals surface area contributed by atoms with E-state index in [1.54, 1.807) is 26.0 Å². The zero-order valence-corrected chi connectivity index (χ0v) is 16.4. The topological polar surface area (TPSA) is 103 Å². The first-order valence-electron chi connectivity index (χ1n) is 8.76. The van der Waals surface area contributed by atoms with Gasteiger partial charge >= 0.3 is 5.97 Å². The number of hydrogen-bond donors (Lipinski definition) is 2. The Bertz CT molecular complexity index is 1050. The SMILES string of the molecule is CCOC(=O)C1=C(C)Nc2nc(SC)[nH]c(=O)c2[C@@H]1c1ccc2c(c1)OCO2. The predicted molar refractivity (Wildman–Crippen MR) is 104 cm³/mol. The van der Waals surface area contributed by atoms with Crippen molar-refractivity contribution in [3.05, 3.63) is 50.9 Å². The molecule has 0 aliphatic carbocycles. The van der Waals surface area contributed by atoms with Crippen molar-refractivity contribution < 1.29 is 19.0 Å². The van der Waals surface area contributed by atoms with Crippen molar-refractivity contribution in [1.82, 2.24) is 9.97 Å². The molecule has 0 spiro atoms. The molecule has 2 aliphatic heterocycles. The number of aromatic nitrogens is 2. The van der Waals surface area contributed by atoms with E-state index in [9.17, 15) is 9.59 Å². The maximum atomic E-state index is 12.9. The highest BCUT2D eigenvalue weighted by Gasteiger charge is 2.37. The van der Waals surface area contributed by atoms with Gasteiger partial charge in [0, 0.05) is 5.70 Å². The Morgan fingerprint density at radius 2 is 2.14 bits per heavy atom. The summed E-state index contributed by atoms with van der Waals surface area (Å²) in [6, 6.07) is 5.38. The third-order valence-electron chi connectivity index (χ3n) is 4.64. The van der Waals surface area contributed by atoms with Crippen molar-refractivity contribution in [2.75, 3.05) is 25.0 Å². The van der Waals surface area contributed by atoms with Gasteiger partial charge in [0.15, 0.2) is 16.7 Å². The molecule has 2 aliphatic rings. The summed E-state index contributed by atoms with van der Waals surface area (Å²) >= 11 is 1.33. The largest absolute Gasteiger partial charge is 0.463 e. The number of thioether (sulfide) groups is 1. The molecule has 3 heterocycles. The van der Waals surface area contributed by atoms with Gasteiger partial charge in [0.25, 0.3) is 5.56 Å². The van der Waals surface area contributed by atoms with E-state index in [0.29, 0.717) is 39.3 Å².